The van der Waals surface area contributed by atoms with Crippen LogP contribution >= 0.6 is 0 Å². The minimum atomic E-state index is -3.99. The molecule has 0 atom stereocenters. The van der Waals surface area contributed by atoms with E-state index in [1.54, 1.807) is 6.21 Å². The molecule has 0 amide bonds. The fraction of sp³-hybridized carbons (Fsp3) is 0.929. The van der Waals surface area contributed by atoms with Gasteiger partial charge in [-0.3, -0.25) is 0 Å². The Balaban J connectivity index is 3.07. The Labute approximate surface area is 114 Å². The molecule has 0 heterocycles. The summed E-state index contributed by atoms with van der Waals surface area (Å²) < 4.78 is 35.6. The van der Waals surface area contributed by atoms with Gasteiger partial charge < -0.3 is 4.84 Å². The van der Waals surface area contributed by atoms with Crippen LogP contribution in [0, 0.1) is 0 Å². The van der Waals surface area contributed by atoms with Crippen LogP contribution in [-0.2, 0) is 4.84 Å². The molecular weight excluding hydrogens is 255 g/mol. The molecule has 0 aliphatic heterocycles. The summed E-state index contributed by atoms with van der Waals surface area (Å²) >= 11 is 0. The summed E-state index contributed by atoms with van der Waals surface area (Å²) in [5.41, 5.74) is 0. The quantitative estimate of drug-likeness (QED) is 0.264. The first-order valence-electron chi connectivity index (χ1n) is 7.27. The van der Waals surface area contributed by atoms with Gasteiger partial charge in [0.1, 0.15) is 6.61 Å². The summed E-state index contributed by atoms with van der Waals surface area (Å²) in [4.78, 5) is 5.06. The van der Waals surface area contributed by atoms with Gasteiger partial charge in [-0.1, -0.05) is 44.2 Å². The number of halogens is 3. The standard InChI is InChI=1S/C14H26F3NO/c1-2-3-12-18-19-13-10-8-6-4-5-7-9-11-14(15,16)17/h12H,2-11,13H2,1H3. The van der Waals surface area contributed by atoms with Crippen LogP contribution in [-0.4, -0.2) is 19.0 Å². The highest BCUT2D eigenvalue weighted by molar-refractivity contribution is 5.55. The predicted molar refractivity (Wildman–Crippen MR) is 72.3 cm³/mol. The second kappa shape index (κ2) is 12.3. The second-order valence-electron chi connectivity index (χ2n) is 4.75. The molecule has 0 unspecified atom stereocenters. The molecule has 0 saturated heterocycles. The average Bonchev–Trinajstić information content (AvgIpc) is 2.34. The average molecular weight is 281 g/mol. The van der Waals surface area contributed by atoms with E-state index in [1.807, 2.05) is 0 Å². The lowest BCUT2D eigenvalue weighted by atomic mass is 10.1. The van der Waals surface area contributed by atoms with E-state index in [0.29, 0.717) is 13.0 Å². The topological polar surface area (TPSA) is 21.6 Å². The zero-order valence-electron chi connectivity index (χ0n) is 11.8. The van der Waals surface area contributed by atoms with Crippen molar-refractivity contribution >= 4 is 6.21 Å². The largest absolute Gasteiger partial charge is 0.396 e. The Bertz CT molecular complexity index is 217. The molecular formula is C14H26F3NO. The Morgan fingerprint density at radius 3 is 2.11 bits per heavy atom. The maximum atomic E-state index is 11.9. The predicted octanol–water partition coefficient (Wildman–Crippen LogP) is 5.47. The SMILES string of the molecule is CCCC=NOCCCCCCCCCC(F)(F)F. The van der Waals surface area contributed by atoms with Gasteiger partial charge in [-0.15, -0.1) is 0 Å². The van der Waals surface area contributed by atoms with Crippen molar-refractivity contribution in [3.63, 3.8) is 0 Å². The lowest BCUT2D eigenvalue weighted by molar-refractivity contribution is -0.135. The molecule has 0 saturated carbocycles. The lowest BCUT2D eigenvalue weighted by Gasteiger charge is -2.05. The van der Waals surface area contributed by atoms with E-state index in [0.717, 1.165) is 44.9 Å². The van der Waals surface area contributed by atoms with E-state index in [4.69, 9.17) is 4.84 Å². The van der Waals surface area contributed by atoms with E-state index in [2.05, 4.69) is 12.1 Å². The van der Waals surface area contributed by atoms with E-state index in [9.17, 15) is 13.2 Å². The third-order valence-corrected chi connectivity index (χ3v) is 2.76. The summed E-state index contributed by atoms with van der Waals surface area (Å²) in [5, 5.41) is 3.81. The van der Waals surface area contributed by atoms with Gasteiger partial charge in [-0.05, 0) is 25.7 Å². The third kappa shape index (κ3) is 17.3. The Morgan fingerprint density at radius 2 is 1.53 bits per heavy atom. The molecule has 0 aliphatic carbocycles. The minimum Gasteiger partial charge on any atom is -0.396 e. The molecule has 19 heavy (non-hydrogen) atoms. The van der Waals surface area contributed by atoms with Crippen LogP contribution in [0.2, 0.25) is 0 Å². The van der Waals surface area contributed by atoms with Crippen LogP contribution in [0.1, 0.15) is 71.1 Å². The summed E-state index contributed by atoms with van der Waals surface area (Å²) in [6, 6.07) is 0. The lowest BCUT2D eigenvalue weighted by Crippen LogP contribution is -2.06. The fourth-order valence-corrected chi connectivity index (χ4v) is 1.66. The van der Waals surface area contributed by atoms with Crippen molar-refractivity contribution in [3.8, 4) is 0 Å². The van der Waals surface area contributed by atoms with Crippen LogP contribution in [0.3, 0.4) is 0 Å². The van der Waals surface area contributed by atoms with Crippen LogP contribution in [0.5, 0.6) is 0 Å². The van der Waals surface area contributed by atoms with Crippen molar-refractivity contribution in [2.45, 2.75) is 77.3 Å². The van der Waals surface area contributed by atoms with Crippen LogP contribution in [0.25, 0.3) is 0 Å². The van der Waals surface area contributed by atoms with Gasteiger partial charge >= 0.3 is 6.18 Å². The maximum Gasteiger partial charge on any atom is 0.389 e. The smallest absolute Gasteiger partial charge is 0.389 e. The van der Waals surface area contributed by atoms with Crippen molar-refractivity contribution in [2.75, 3.05) is 6.61 Å². The van der Waals surface area contributed by atoms with Crippen molar-refractivity contribution in [2.24, 2.45) is 5.16 Å². The van der Waals surface area contributed by atoms with E-state index in [1.165, 1.54) is 0 Å². The van der Waals surface area contributed by atoms with Gasteiger partial charge in [0.15, 0.2) is 0 Å². The van der Waals surface area contributed by atoms with Gasteiger partial charge in [0.2, 0.25) is 0 Å². The molecule has 0 aromatic heterocycles. The molecule has 0 fully saturated rings. The van der Waals surface area contributed by atoms with E-state index < -0.39 is 12.6 Å². The third-order valence-electron chi connectivity index (χ3n) is 2.76. The number of oxime groups is 1. The van der Waals surface area contributed by atoms with Crippen molar-refractivity contribution in [1.29, 1.82) is 0 Å². The first-order chi connectivity index (χ1) is 9.06. The molecule has 0 spiro atoms. The van der Waals surface area contributed by atoms with Crippen LogP contribution < -0.4 is 0 Å². The molecule has 2 nitrogen and oxygen atoms in total. The molecule has 0 aromatic rings. The Kier molecular flexibility index (Phi) is 11.8. The van der Waals surface area contributed by atoms with Gasteiger partial charge in [0.05, 0.1) is 0 Å². The highest BCUT2D eigenvalue weighted by Crippen LogP contribution is 2.23. The Hall–Kier alpha value is -0.740. The van der Waals surface area contributed by atoms with Crippen LogP contribution in [0.15, 0.2) is 5.16 Å². The highest BCUT2D eigenvalue weighted by atomic mass is 19.4. The number of alkyl halides is 3. The summed E-state index contributed by atoms with van der Waals surface area (Å²) in [6.45, 7) is 2.72. The van der Waals surface area contributed by atoms with E-state index in [-0.39, 0.29) is 6.42 Å². The molecule has 0 aromatic carbocycles. The molecule has 0 radical (unpaired) electrons. The van der Waals surface area contributed by atoms with Crippen molar-refractivity contribution < 1.29 is 18.0 Å². The summed E-state index contributed by atoms with van der Waals surface area (Å²) in [6.07, 6.45) is 5.09. The summed E-state index contributed by atoms with van der Waals surface area (Å²) in [7, 11) is 0. The minimum absolute atomic E-state index is 0.263. The molecule has 114 valence electrons. The molecule has 0 aliphatic rings. The second-order valence-corrected chi connectivity index (χ2v) is 4.75. The molecule has 0 N–H and O–H groups in total. The van der Waals surface area contributed by atoms with Crippen LogP contribution in [0.4, 0.5) is 13.2 Å². The summed E-state index contributed by atoms with van der Waals surface area (Å²) in [5.74, 6) is 0. The first-order valence-corrected chi connectivity index (χ1v) is 7.27. The van der Waals surface area contributed by atoms with Gasteiger partial charge in [0, 0.05) is 12.6 Å². The zero-order chi connectivity index (χ0) is 14.4. The van der Waals surface area contributed by atoms with Crippen molar-refractivity contribution in [3.05, 3.63) is 0 Å². The number of hydrogen-bond acceptors (Lipinski definition) is 2. The molecule has 0 rings (SSSR count). The number of rotatable bonds is 12. The monoisotopic (exact) mass is 281 g/mol. The zero-order valence-corrected chi connectivity index (χ0v) is 11.8. The van der Waals surface area contributed by atoms with E-state index >= 15 is 0 Å². The number of nitrogens with zero attached hydrogens (tertiary/aromatic N) is 1. The molecule has 0 bridgehead atoms. The maximum absolute atomic E-state index is 11.9. The van der Waals surface area contributed by atoms with Gasteiger partial charge in [-0.2, -0.15) is 13.2 Å². The normalized spacial score (nSPS) is 12.2. The van der Waals surface area contributed by atoms with Gasteiger partial charge in [-0.25, -0.2) is 0 Å². The number of hydrogen-bond donors (Lipinski definition) is 0. The fourth-order valence-electron chi connectivity index (χ4n) is 1.66. The van der Waals surface area contributed by atoms with Gasteiger partial charge in [0.25, 0.3) is 0 Å². The first kappa shape index (κ1) is 18.3. The highest BCUT2D eigenvalue weighted by Gasteiger charge is 2.25. The Morgan fingerprint density at radius 1 is 0.947 bits per heavy atom. The van der Waals surface area contributed by atoms with Crippen molar-refractivity contribution in [1.82, 2.24) is 0 Å². The number of unbranched alkanes of at least 4 members (excludes halogenated alkanes) is 7. The molecule has 5 heteroatoms.